The maximum absolute atomic E-state index is 12.3. The molecule has 0 bridgehead atoms. The second-order valence-corrected chi connectivity index (χ2v) is 5.24. The number of fused-ring (bicyclic) bond motifs is 1. The van der Waals surface area contributed by atoms with Crippen LogP contribution in [0.2, 0.25) is 0 Å². The number of imide groups is 1. The molecule has 0 spiro atoms. The lowest BCUT2D eigenvalue weighted by Gasteiger charge is -2.15. The van der Waals surface area contributed by atoms with Crippen LogP contribution < -0.4 is 5.32 Å². The average Bonchev–Trinajstić information content (AvgIpc) is 2.84. The van der Waals surface area contributed by atoms with Crippen LogP contribution in [0.4, 0.5) is 11.4 Å². The molecule has 0 saturated carbocycles. The van der Waals surface area contributed by atoms with E-state index in [0.717, 1.165) is 11.0 Å². The van der Waals surface area contributed by atoms with Gasteiger partial charge in [0.1, 0.15) is 0 Å². The van der Waals surface area contributed by atoms with Crippen LogP contribution in [0.3, 0.4) is 0 Å². The van der Waals surface area contributed by atoms with Crippen LogP contribution >= 0.6 is 0 Å². The average molecular weight is 341 g/mol. The molecule has 2 N–H and O–H groups in total. The van der Waals surface area contributed by atoms with Crippen LogP contribution in [-0.2, 0) is 0 Å². The number of aromatic carboxylic acids is 1. The third-order valence-corrected chi connectivity index (χ3v) is 3.74. The molecule has 0 unspecified atom stereocenters. The highest BCUT2D eigenvalue weighted by atomic mass is 16.6. The van der Waals surface area contributed by atoms with Crippen molar-refractivity contribution in [1.82, 2.24) is 4.90 Å². The third kappa shape index (κ3) is 2.90. The Kier molecular flexibility index (Phi) is 3.89. The summed E-state index contributed by atoms with van der Waals surface area (Å²) in [5.41, 5.74) is 0.464. The molecule has 126 valence electrons. The number of carbonyl (C=O) groups is 3. The lowest BCUT2D eigenvalue weighted by atomic mass is 10.1. The highest BCUT2D eigenvalue weighted by Crippen LogP contribution is 2.26. The van der Waals surface area contributed by atoms with Gasteiger partial charge in [-0.1, -0.05) is 0 Å². The van der Waals surface area contributed by atoms with Crippen molar-refractivity contribution in [2.75, 3.05) is 12.0 Å². The van der Waals surface area contributed by atoms with Gasteiger partial charge in [0.25, 0.3) is 17.5 Å². The first kappa shape index (κ1) is 16.1. The van der Waals surface area contributed by atoms with Crippen molar-refractivity contribution >= 4 is 29.2 Å². The second kappa shape index (κ2) is 6.04. The highest BCUT2D eigenvalue weighted by molar-refractivity contribution is 6.21. The van der Waals surface area contributed by atoms with Gasteiger partial charge in [0.2, 0.25) is 0 Å². The molecular formula is C16H11N3O6. The summed E-state index contributed by atoms with van der Waals surface area (Å²) in [4.78, 5) is 46.5. The fourth-order valence-corrected chi connectivity index (χ4v) is 2.44. The Morgan fingerprint density at radius 3 is 2.32 bits per heavy atom. The van der Waals surface area contributed by atoms with Crippen molar-refractivity contribution in [2.24, 2.45) is 0 Å². The first-order valence-electron chi connectivity index (χ1n) is 7.10. The van der Waals surface area contributed by atoms with E-state index in [0.29, 0.717) is 5.69 Å². The number of nitrogens with one attached hydrogen (secondary N) is 1. The topological polar surface area (TPSA) is 130 Å². The summed E-state index contributed by atoms with van der Waals surface area (Å²) in [5.74, 6) is -2.24. The van der Waals surface area contributed by atoms with Crippen molar-refractivity contribution in [1.29, 1.82) is 0 Å². The van der Waals surface area contributed by atoms with Crippen molar-refractivity contribution in [3.63, 3.8) is 0 Å². The van der Waals surface area contributed by atoms with E-state index in [1.807, 2.05) is 0 Å². The smallest absolute Gasteiger partial charge is 0.335 e. The van der Waals surface area contributed by atoms with E-state index in [2.05, 4.69) is 5.32 Å². The number of amides is 2. The van der Waals surface area contributed by atoms with Crippen molar-refractivity contribution in [3.05, 3.63) is 69.3 Å². The van der Waals surface area contributed by atoms with Gasteiger partial charge in [-0.25, -0.2) is 4.79 Å². The standard InChI is InChI=1S/C16H11N3O6/c20-14-12-6-5-11(19(24)25)7-13(12)15(21)18(14)8-17-10-3-1-9(2-4-10)16(22)23/h1-7,17H,8H2,(H,22,23). The molecule has 0 aromatic heterocycles. The van der Waals surface area contributed by atoms with E-state index in [1.54, 1.807) is 0 Å². The summed E-state index contributed by atoms with van der Waals surface area (Å²) < 4.78 is 0. The van der Waals surface area contributed by atoms with E-state index >= 15 is 0 Å². The molecule has 9 heteroatoms. The predicted molar refractivity (Wildman–Crippen MR) is 85.5 cm³/mol. The number of carbonyl (C=O) groups excluding carboxylic acids is 2. The fourth-order valence-electron chi connectivity index (χ4n) is 2.44. The maximum Gasteiger partial charge on any atom is 0.335 e. The third-order valence-electron chi connectivity index (χ3n) is 3.74. The minimum atomic E-state index is -1.06. The van der Waals surface area contributed by atoms with E-state index in [1.165, 1.54) is 36.4 Å². The SMILES string of the molecule is O=C(O)c1ccc(NCN2C(=O)c3ccc([N+](=O)[O-])cc3C2=O)cc1. The monoisotopic (exact) mass is 341 g/mol. The molecule has 1 aliphatic rings. The van der Waals surface area contributed by atoms with Crippen LogP contribution in [0.25, 0.3) is 0 Å². The Hall–Kier alpha value is -3.75. The van der Waals surface area contributed by atoms with E-state index < -0.39 is 22.7 Å². The van der Waals surface area contributed by atoms with Crippen molar-refractivity contribution < 1.29 is 24.4 Å². The number of rotatable bonds is 5. The molecule has 2 amide bonds. The van der Waals surface area contributed by atoms with Gasteiger partial charge < -0.3 is 10.4 Å². The lowest BCUT2D eigenvalue weighted by Crippen LogP contribution is -2.34. The van der Waals surface area contributed by atoms with Gasteiger partial charge in [-0.05, 0) is 30.3 Å². The number of carboxylic acids is 1. The molecule has 0 atom stereocenters. The van der Waals surface area contributed by atoms with Gasteiger partial charge in [-0.2, -0.15) is 0 Å². The Morgan fingerprint density at radius 2 is 1.72 bits per heavy atom. The van der Waals surface area contributed by atoms with Gasteiger partial charge in [-0.15, -0.1) is 0 Å². The van der Waals surface area contributed by atoms with E-state index in [9.17, 15) is 24.5 Å². The number of nitro benzene ring substituents is 1. The summed E-state index contributed by atoms with van der Waals surface area (Å²) in [5, 5.41) is 22.5. The van der Waals surface area contributed by atoms with E-state index in [-0.39, 0.29) is 29.0 Å². The number of anilines is 1. The first-order valence-corrected chi connectivity index (χ1v) is 7.10. The van der Waals surface area contributed by atoms with Gasteiger partial charge in [0.05, 0.1) is 28.3 Å². The zero-order valence-electron chi connectivity index (χ0n) is 12.6. The second-order valence-electron chi connectivity index (χ2n) is 5.24. The van der Waals surface area contributed by atoms with Gasteiger partial charge in [0.15, 0.2) is 0 Å². The summed E-state index contributed by atoms with van der Waals surface area (Å²) in [7, 11) is 0. The van der Waals surface area contributed by atoms with Crippen molar-refractivity contribution in [2.45, 2.75) is 0 Å². The highest BCUT2D eigenvalue weighted by Gasteiger charge is 2.36. The number of hydrogen-bond donors (Lipinski definition) is 2. The van der Waals surface area contributed by atoms with Gasteiger partial charge >= 0.3 is 5.97 Å². The molecule has 3 rings (SSSR count). The molecule has 0 fully saturated rings. The Bertz CT molecular complexity index is 907. The Morgan fingerprint density at radius 1 is 1.08 bits per heavy atom. The molecular weight excluding hydrogens is 330 g/mol. The molecule has 1 heterocycles. The van der Waals surface area contributed by atoms with Crippen LogP contribution in [-0.4, -0.2) is 39.4 Å². The number of benzene rings is 2. The molecule has 25 heavy (non-hydrogen) atoms. The fraction of sp³-hybridized carbons (Fsp3) is 0.0625. The number of non-ortho nitro benzene ring substituents is 1. The molecule has 0 aliphatic carbocycles. The van der Waals surface area contributed by atoms with E-state index in [4.69, 9.17) is 5.11 Å². The molecule has 1 aliphatic heterocycles. The number of carboxylic acid groups (broad SMARTS) is 1. The zero-order chi connectivity index (χ0) is 18.1. The minimum absolute atomic E-state index is 0.0118. The first-order chi connectivity index (χ1) is 11.9. The van der Waals surface area contributed by atoms with Crippen molar-refractivity contribution in [3.8, 4) is 0 Å². The Balaban J connectivity index is 1.75. The summed E-state index contributed by atoms with van der Waals surface area (Å²) in [6.45, 7) is -0.146. The number of nitrogens with zero attached hydrogens (tertiary/aromatic N) is 2. The number of nitro groups is 1. The molecule has 0 saturated heterocycles. The lowest BCUT2D eigenvalue weighted by molar-refractivity contribution is -0.384. The summed E-state index contributed by atoms with van der Waals surface area (Å²) in [6, 6.07) is 9.30. The molecule has 0 radical (unpaired) electrons. The van der Waals surface area contributed by atoms with Crippen LogP contribution in [0.5, 0.6) is 0 Å². The minimum Gasteiger partial charge on any atom is -0.478 e. The number of hydrogen-bond acceptors (Lipinski definition) is 6. The van der Waals surface area contributed by atoms with Crippen LogP contribution in [0, 0.1) is 10.1 Å². The summed E-state index contributed by atoms with van der Waals surface area (Å²) in [6.07, 6.45) is 0. The quantitative estimate of drug-likeness (QED) is 0.483. The normalized spacial score (nSPS) is 12.9. The molecule has 2 aromatic carbocycles. The largest absolute Gasteiger partial charge is 0.478 e. The van der Waals surface area contributed by atoms with Crippen LogP contribution in [0.1, 0.15) is 31.1 Å². The van der Waals surface area contributed by atoms with Crippen LogP contribution in [0.15, 0.2) is 42.5 Å². The zero-order valence-corrected chi connectivity index (χ0v) is 12.6. The molecule has 2 aromatic rings. The Labute approximate surface area is 140 Å². The molecule has 9 nitrogen and oxygen atoms in total. The summed E-state index contributed by atoms with van der Waals surface area (Å²) >= 11 is 0. The maximum atomic E-state index is 12.3. The predicted octanol–water partition coefficient (Wildman–Crippen LogP) is 1.96. The van der Waals surface area contributed by atoms with Gasteiger partial charge in [-0.3, -0.25) is 24.6 Å². The van der Waals surface area contributed by atoms with Gasteiger partial charge in [0, 0.05) is 17.8 Å².